The second-order valence-electron chi connectivity index (χ2n) is 7.31. The molecule has 0 radical (unpaired) electrons. The van der Waals surface area contributed by atoms with Crippen molar-refractivity contribution in [1.29, 1.82) is 0 Å². The number of rotatable bonds is 8. The number of aromatic nitrogens is 4. The van der Waals surface area contributed by atoms with Crippen LogP contribution < -0.4 is 0 Å². The van der Waals surface area contributed by atoms with E-state index in [9.17, 15) is 23.3 Å². The van der Waals surface area contributed by atoms with Crippen LogP contribution in [0.1, 0.15) is 24.1 Å². The van der Waals surface area contributed by atoms with Crippen LogP contribution in [0, 0.1) is 24.0 Å². The molecule has 0 aliphatic heterocycles. The quantitative estimate of drug-likeness (QED) is 0.279. The van der Waals surface area contributed by atoms with Crippen molar-refractivity contribution >= 4 is 32.7 Å². The summed E-state index contributed by atoms with van der Waals surface area (Å²) in [5.74, 6) is -0.175. The zero-order valence-electron chi connectivity index (χ0n) is 18.4. The van der Waals surface area contributed by atoms with Crippen molar-refractivity contribution in [2.75, 3.05) is 14.1 Å². The normalized spacial score (nSPS) is 11.9. The number of ether oxygens (including phenoxy) is 1. The largest absolute Gasteiger partial charge is 0.456 e. The van der Waals surface area contributed by atoms with Gasteiger partial charge in [0.05, 0.1) is 20.9 Å². The van der Waals surface area contributed by atoms with Gasteiger partial charge in [0.2, 0.25) is 10.0 Å². The average molecular weight is 465 g/mol. The fourth-order valence-electron chi connectivity index (χ4n) is 3.41. The first kappa shape index (κ1) is 23.3. The monoisotopic (exact) mass is 464 g/mol. The molecule has 0 bridgehead atoms. The molecule has 172 valence electrons. The molecule has 0 aliphatic carbocycles. The molecule has 0 amide bonds. The van der Waals surface area contributed by atoms with Crippen LogP contribution >= 0.6 is 0 Å². The van der Waals surface area contributed by atoms with Gasteiger partial charge in [-0.3, -0.25) is 19.6 Å². The fraction of sp³-hybridized carbons (Fsp3) is 0.421. The number of carbonyl (C=O) groups excluding carboxylic acids is 1. The van der Waals surface area contributed by atoms with Gasteiger partial charge in [-0.15, -0.1) is 0 Å². The lowest BCUT2D eigenvalue weighted by molar-refractivity contribution is -0.386. The minimum absolute atomic E-state index is 0.116. The molecule has 13 heteroatoms. The number of imidazole rings is 1. The molecule has 12 nitrogen and oxygen atoms in total. The Labute approximate surface area is 184 Å². The minimum atomic E-state index is -3.61. The van der Waals surface area contributed by atoms with Crippen molar-refractivity contribution in [1.82, 2.24) is 23.6 Å². The van der Waals surface area contributed by atoms with E-state index in [1.54, 1.807) is 6.07 Å². The second kappa shape index (κ2) is 8.67. The first-order valence-electron chi connectivity index (χ1n) is 9.73. The van der Waals surface area contributed by atoms with E-state index in [2.05, 4.69) is 10.1 Å². The van der Waals surface area contributed by atoms with Crippen molar-refractivity contribution in [3.8, 4) is 0 Å². The van der Waals surface area contributed by atoms with E-state index in [0.717, 1.165) is 4.31 Å². The summed E-state index contributed by atoms with van der Waals surface area (Å²) in [6.45, 7) is 5.03. The zero-order chi connectivity index (χ0) is 23.8. The number of nitro groups is 1. The average Bonchev–Trinajstić information content (AvgIpc) is 3.21. The number of nitrogens with zero attached hydrogens (tertiary/aromatic N) is 6. The highest BCUT2D eigenvalue weighted by Gasteiger charge is 2.24. The Bertz CT molecular complexity index is 1310. The van der Waals surface area contributed by atoms with Crippen LogP contribution in [0.15, 0.2) is 23.1 Å². The number of hydrogen-bond acceptors (Lipinski definition) is 8. The first-order chi connectivity index (χ1) is 15.0. The van der Waals surface area contributed by atoms with E-state index >= 15 is 0 Å². The number of hydrogen-bond donors (Lipinski definition) is 0. The molecule has 0 N–H and O–H groups in total. The molecule has 0 aliphatic rings. The smallest absolute Gasteiger partial charge is 0.328 e. The Morgan fingerprint density at radius 2 is 1.97 bits per heavy atom. The molecular weight excluding hydrogens is 440 g/mol. The Kier molecular flexibility index (Phi) is 6.32. The third-order valence-corrected chi connectivity index (χ3v) is 6.87. The number of sulfonamides is 1. The Morgan fingerprint density at radius 1 is 1.28 bits per heavy atom. The fourth-order valence-corrected chi connectivity index (χ4v) is 4.33. The van der Waals surface area contributed by atoms with Gasteiger partial charge in [0.15, 0.2) is 0 Å². The highest BCUT2D eigenvalue weighted by Crippen LogP contribution is 2.23. The van der Waals surface area contributed by atoms with E-state index in [0.29, 0.717) is 23.4 Å². The summed E-state index contributed by atoms with van der Waals surface area (Å²) >= 11 is 0. The molecule has 1 aromatic carbocycles. The molecule has 0 unspecified atom stereocenters. The van der Waals surface area contributed by atoms with E-state index in [4.69, 9.17) is 4.74 Å². The molecule has 0 atom stereocenters. The summed E-state index contributed by atoms with van der Waals surface area (Å²) < 4.78 is 34.3. The summed E-state index contributed by atoms with van der Waals surface area (Å²) in [7, 11) is -0.708. The zero-order valence-corrected chi connectivity index (χ0v) is 19.2. The summed E-state index contributed by atoms with van der Waals surface area (Å²) in [4.78, 5) is 27.5. The number of fused-ring (bicyclic) bond motifs is 1. The Hall–Kier alpha value is -3.32. The van der Waals surface area contributed by atoms with Crippen molar-refractivity contribution in [2.45, 2.75) is 45.4 Å². The Morgan fingerprint density at radius 3 is 2.53 bits per heavy atom. The standard InChI is InChI=1S/C19H24N6O6S/c1-6-23-16-8-7-14(32(29,30)22(4)5)9-15(16)20-17(23)11-31-18(26)10-24-13(3)19(25(27)28)12(2)21-24/h7-9H,6,10-11H2,1-5H3. The first-order valence-corrected chi connectivity index (χ1v) is 11.2. The predicted octanol–water partition coefficient (Wildman–Crippen LogP) is 1.77. The summed E-state index contributed by atoms with van der Waals surface area (Å²) in [5.41, 5.74) is 1.53. The molecule has 0 saturated heterocycles. The molecule has 32 heavy (non-hydrogen) atoms. The van der Waals surface area contributed by atoms with Crippen LogP contribution in [0.4, 0.5) is 5.69 Å². The Balaban J connectivity index is 1.81. The van der Waals surface area contributed by atoms with Crippen molar-refractivity contribution in [3.05, 3.63) is 45.5 Å². The number of carbonyl (C=O) groups is 1. The van der Waals surface area contributed by atoms with Gasteiger partial charge in [-0.05, 0) is 39.0 Å². The minimum Gasteiger partial charge on any atom is -0.456 e. The second-order valence-corrected chi connectivity index (χ2v) is 9.46. The highest BCUT2D eigenvalue weighted by atomic mass is 32.2. The third kappa shape index (κ3) is 4.21. The van der Waals surface area contributed by atoms with Crippen molar-refractivity contribution < 1.29 is 22.9 Å². The van der Waals surface area contributed by atoms with Crippen LogP contribution in [0.3, 0.4) is 0 Å². The van der Waals surface area contributed by atoms with Gasteiger partial charge in [-0.1, -0.05) is 0 Å². The molecule has 0 fully saturated rings. The van der Waals surface area contributed by atoms with Gasteiger partial charge in [0.1, 0.15) is 30.4 Å². The van der Waals surface area contributed by atoms with Gasteiger partial charge >= 0.3 is 11.7 Å². The van der Waals surface area contributed by atoms with E-state index in [1.165, 1.54) is 44.8 Å². The summed E-state index contributed by atoms with van der Waals surface area (Å²) in [6, 6.07) is 4.66. The van der Waals surface area contributed by atoms with E-state index in [-0.39, 0.29) is 35.1 Å². The van der Waals surface area contributed by atoms with Crippen LogP contribution in [0.5, 0.6) is 0 Å². The maximum absolute atomic E-state index is 12.4. The molecule has 3 rings (SSSR count). The van der Waals surface area contributed by atoms with E-state index in [1.807, 2.05) is 11.5 Å². The van der Waals surface area contributed by atoms with Crippen LogP contribution in [-0.4, -0.2) is 57.0 Å². The van der Waals surface area contributed by atoms with Crippen LogP contribution in [0.2, 0.25) is 0 Å². The molecule has 2 heterocycles. The summed E-state index contributed by atoms with van der Waals surface area (Å²) in [5, 5.41) is 15.2. The molecule has 2 aromatic heterocycles. The topological polar surface area (TPSA) is 142 Å². The molecule has 0 saturated carbocycles. The van der Waals surface area contributed by atoms with Gasteiger partial charge in [-0.25, -0.2) is 17.7 Å². The van der Waals surface area contributed by atoms with Crippen LogP contribution in [0.25, 0.3) is 11.0 Å². The molecule has 3 aromatic rings. The number of esters is 1. The number of aryl methyl sites for hydroxylation is 2. The number of benzene rings is 1. The van der Waals surface area contributed by atoms with Gasteiger partial charge in [-0.2, -0.15) is 5.10 Å². The lowest BCUT2D eigenvalue weighted by Crippen LogP contribution is -2.22. The van der Waals surface area contributed by atoms with Gasteiger partial charge < -0.3 is 9.30 Å². The van der Waals surface area contributed by atoms with Crippen molar-refractivity contribution in [3.63, 3.8) is 0 Å². The SMILES string of the molecule is CCn1c(COC(=O)Cn2nc(C)c([N+](=O)[O-])c2C)nc2cc(S(=O)(=O)N(C)C)ccc21. The highest BCUT2D eigenvalue weighted by molar-refractivity contribution is 7.89. The van der Waals surface area contributed by atoms with E-state index < -0.39 is 20.9 Å². The third-order valence-electron chi connectivity index (χ3n) is 5.06. The van der Waals surface area contributed by atoms with Gasteiger partial charge in [0.25, 0.3) is 0 Å². The van der Waals surface area contributed by atoms with Crippen molar-refractivity contribution in [2.24, 2.45) is 0 Å². The molecular formula is C19H24N6O6S. The maximum atomic E-state index is 12.4. The van der Waals surface area contributed by atoms with Gasteiger partial charge in [0, 0.05) is 20.6 Å². The van der Waals surface area contributed by atoms with Crippen LogP contribution in [-0.2, 0) is 39.3 Å². The predicted molar refractivity (Wildman–Crippen MR) is 114 cm³/mol. The maximum Gasteiger partial charge on any atom is 0.328 e. The lowest BCUT2D eigenvalue weighted by atomic mass is 10.3. The lowest BCUT2D eigenvalue weighted by Gasteiger charge is -2.11. The molecule has 0 spiro atoms. The summed E-state index contributed by atoms with van der Waals surface area (Å²) in [6.07, 6.45) is 0.